The lowest BCUT2D eigenvalue weighted by molar-refractivity contribution is -0.122. The number of nitrogens with zero attached hydrogens (tertiary/aromatic N) is 1. The van der Waals surface area contributed by atoms with Crippen LogP contribution in [0.5, 0.6) is 11.5 Å². The molecule has 1 fully saturated rings. The summed E-state index contributed by atoms with van der Waals surface area (Å²) in [6.45, 7) is 2.26. The van der Waals surface area contributed by atoms with Crippen LogP contribution in [-0.2, 0) is 16.2 Å². The summed E-state index contributed by atoms with van der Waals surface area (Å²) in [5, 5.41) is 2.24. The number of methoxy groups -OCH3 is 1. The first kappa shape index (κ1) is 23.5. The zero-order chi connectivity index (χ0) is 24.2. The van der Waals surface area contributed by atoms with E-state index in [2.05, 4.69) is 27.9 Å². The van der Waals surface area contributed by atoms with Gasteiger partial charge < -0.3 is 9.47 Å². The Morgan fingerprint density at radius 3 is 2.38 bits per heavy atom. The van der Waals surface area contributed by atoms with Gasteiger partial charge in [-0.2, -0.15) is 0 Å². The molecule has 7 nitrogen and oxygen atoms in total. The van der Waals surface area contributed by atoms with Gasteiger partial charge in [0.05, 0.1) is 16.4 Å². The van der Waals surface area contributed by atoms with E-state index in [0.29, 0.717) is 29.4 Å². The van der Waals surface area contributed by atoms with Gasteiger partial charge in [0, 0.05) is 0 Å². The minimum atomic E-state index is -0.784. The maximum Gasteiger partial charge on any atom is 0.335 e. The zero-order valence-corrected chi connectivity index (χ0v) is 20.7. The highest BCUT2D eigenvalue weighted by atomic mass is 127. The van der Waals surface area contributed by atoms with Gasteiger partial charge >= 0.3 is 6.03 Å². The van der Waals surface area contributed by atoms with Crippen LogP contribution in [0.2, 0.25) is 0 Å². The molecule has 34 heavy (non-hydrogen) atoms. The van der Waals surface area contributed by atoms with Crippen molar-refractivity contribution in [2.24, 2.45) is 0 Å². The number of hydrogen-bond acceptors (Lipinski definition) is 5. The van der Waals surface area contributed by atoms with E-state index in [0.717, 1.165) is 19.6 Å². The van der Waals surface area contributed by atoms with Gasteiger partial charge in [0.1, 0.15) is 12.2 Å². The Morgan fingerprint density at radius 2 is 1.71 bits per heavy atom. The lowest BCUT2D eigenvalue weighted by Crippen LogP contribution is -2.54. The van der Waals surface area contributed by atoms with Crippen LogP contribution < -0.4 is 19.7 Å². The third kappa shape index (κ3) is 4.96. The van der Waals surface area contributed by atoms with Crippen molar-refractivity contribution in [1.29, 1.82) is 0 Å². The molecule has 0 aliphatic carbocycles. The zero-order valence-electron chi connectivity index (χ0n) is 18.5. The van der Waals surface area contributed by atoms with Crippen LogP contribution in [0.3, 0.4) is 0 Å². The average molecular weight is 568 g/mol. The number of nitrogens with one attached hydrogen (secondary N) is 1. The summed E-state index contributed by atoms with van der Waals surface area (Å²) in [5.74, 6) is -0.428. The molecule has 8 heteroatoms. The molecule has 0 radical (unpaired) electrons. The molecule has 3 aromatic carbocycles. The molecule has 3 aromatic rings. The van der Waals surface area contributed by atoms with Crippen LogP contribution in [0, 0.1) is 10.5 Å². The van der Waals surface area contributed by atoms with E-state index in [1.807, 2.05) is 37.3 Å². The molecule has 1 aliphatic rings. The summed E-state index contributed by atoms with van der Waals surface area (Å²) in [4.78, 5) is 39.0. The number of aryl methyl sites for hydroxylation is 1. The van der Waals surface area contributed by atoms with Crippen molar-refractivity contribution < 1.29 is 23.9 Å². The Balaban J connectivity index is 1.64. The van der Waals surface area contributed by atoms with Gasteiger partial charge in [0.2, 0.25) is 0 Å². The number of imide groups is 2. The highest BCUT2D eigenvalue weighted by Gasteiger charge is 2.36. The third-order valence-electron chi connectivity index (χ3n) is 5.18. The number of rotatable bonds is 6. The van der Waals surface area contributed by atoms with Crippen LogP contribution in [-0.4, -0.2) is 25.0 Å². The number of benzene rings is 3. The van der Waals surface area contributed by atoms with Crippen molar-refractivity contribution in [2.45, 2.75) is 13.5 Å². The molecule has 0 unspecified atom stereocenters. The maximum atomic E-state index is 13.1. The number of anilines is 1. The van der Waals surface area contributed by atoms with Gasteiger partial charge in [-0.1, -0.05) is 48.0 Å². The largest absolute Gasteiger partial charge is 0.493 e. The fraction of sp³-hybridized carbons (Fsp3) is 0.115. The van der Waals surface area contributed by atoms with Gasteiger partial charge in [-0.05, 0) is 71.0 Å². The van der Waals surface area contributed by atoms with Crippen LogP contribution in [0.15, 0.2) is 72.3 Å². The molecule has 4 rings (SSSR count). The molecule has 0 bridgehead atoms. The van der Waals surface area contributed by atoms with Crippen molar-refractivity contribution in [3.05, 3.63) is 92.6 Å². The Morgan fingerprint density at radius 1 is 1.00 bits per heavy atom. The number of ether oxygens (including phenoxy) is 2. The summed E-state index contributed by atoms with van der Waals surface area (Å²) in [5.41, 5.74) is 2.78. The molecule has 1 aliphatic heterocycles. The summed E-state index contributed by atoms with van der Waals surface area (Å²) in [6, 6.07) is 19.3. The standard InChI is InChI=1S/C26H21IN2O5/c1-16-8-10-19(11-9-16)29-25(31)20(24(30)28-26(29)32)12-18-13-21(27)23(22(14-18)33-2)34-15-17-6-4-3-5-7-17/h3-14H,15H2,1-2H3,(H,28,30,32). The Kier molecular flexibility index (Phi) is 6.97. The van der Waals surface area contributed by atoms with Crippen molar-refractivity contribution in [3.63, 3.8) is 0 Å². The molecular formula is C26H21IN2O5. The minimum absolute atomic E-state index is 0.156. The number of barbiturate groups is 1. The van der Waals surface area contributed by atoms with E-state index in [4.69, 9.17) is 9.47 Å². The molecule has 172 valence electrons. The molecule has 0 atom stereocenters. The van der Waals surface area contributed by atoms with Gasteiger partial charge in [-0.25, -0.2) is 9.69 Å². The summed E-state index contributed by atoms with van der Waals surface area (Å²) >= 11 is 2.12. The van der Waals surface area contributed by atoms with Gasteiger partial charge in [0.15, 0.2) is 11.5 Å². The fourth-order valence-electron chi connectivity index (χ4n) is 3.45. The molecule has 0 aromatic heterocycles. The number of amides is 4. The lowest BCUT2D eigenvalue weighted by Gasteiger charge is -2.26. The molecule has 4 amide bonds. The molecular weight excluding hydrogens is 547 g/mol. The predicted octanol–water partition coefficient (Wildman–Crippen LogP) is 4.85. The van der Waals surface area contributed by atoms with E-state index >= 15 is 0 Å². The number of halogens is 1. The first-order valence-electron chi connectivity index (χ1n) is 10.4. The SMILES string of the molecule is COc1cc(C=C2C(=O)NC(=O)N(c3ccc(C)cc3)C2=O)cc(I)c1OCc1ccccc1. The molecule has 1 N–H and O–H groups in total. The number of hydrogen-bond donors (Lipinski definition) is 1. The summed E-state index contributed by atoms with van der Waals surface area (Å²) in [7, 11) is 1.52. The van der Waals surface area contributed by atoms with Gasteiger partial charge in [-0.3, -0.25) is 14.9 Å². The topological polar surface area (TPSA) is 84.9 Å². The maximum absolute atomic E-state index is 13.1. The second-order valence-corrected chi connectivity index (χ2v) is 8.76. The van der Waals surface area contributed by atoms with E-state index in [1.54, 1.807) is 36.4 Å². The van der Waals surface area contributed by atoms with E-state index in [-0.39, 0.29) is 5.57 Å². The number of carbonyl (C=O) groups excluding carboxylic acids is 3. The predicted molar refractivity (Wildman–Crippen MR) is 137 cm³/mol. The Hall–Kier alpha value is -3.66. The minimum Gasteiger partial charge on any atom is -0.493 e. The van der Waals surface area contributed by atoms with E-state index in [9.17, 15) is 14.4 Å². The van der Waals surface area contributed by atoms with Crippen LogP contribution in [0.25, 0.3) is 6.08 Å². The van der Waals surface area contributed by atoms with Crippen molar-refractivity contribution >= 4 is 52.2 Å². The van der Waals surface area contributed by atoms with Gasteiger partial charge in [0.25, 0.3) is 11.8 Å². The smallest absolute Gasteiger partial charge is 0.335 e. The van der Waals surface area contributed by atoms with Crippen molar-refractivity contribution in [2.75, 3.05) is 12.0 Å². The van der Waals surface area contributed by atoms with Crippen LogP contribution in [0.4, 0.5) is 10.5 Å². The second-order valence-electron chi connectivity index (χ2n) is 7.60. The van der Waals surface area contributed by atoms with Crippen molar-refractivity contribution in [1.82, 2.24) is 5.32 Å². The lowest BCUT2D eigenvalue weighted by atomic mass is 10.1. The van der Waals surface area contributed by atoms with Crippen LogP contribution in [0.1, 0.15) is 16.7 Å². The normalized spacial score (nSPS) is 14.9. The highest BCUT2D eigenvalue weighted by molar-refractivity contribution is 14.1. The quantitative estimate of drug-likeness (QED) is 0.261. The summed E-state index contributed by atoms with van der Waals surface area (Å²) < 4.78 is 12.2. The Labute approximate surface area is 210 Å². The fourth-order valence-corrected chi connectivity index (χ4v) is 4.23. The number of carbonyl (C=O) groups is 3. The van der Waals surface area contributed by atoms with E-state index in [1.165, 1.54) is 13.2 Å². The van der Waals surface area contributed by atoms with Gasteiger partial charge in [-0.15, -0.1) is 0 Å². The highest BCUT2D eigenvalue weighted by Crippen LogP contribution is 2.35. The van der Waals surface area contributed by atoms with E-state index < -0.39 is 17.8 Å². The number of urea groups is 1. The summed E-state index contributed by atoms with van der Waals surface area (Å²) in [6.07, 6.45) is 1.44. The average Bonchev–Trinajstić information content (AvgIpc) is 2.82. The molecule has 1 saturated heterocycles. The first-order chi connectivity index (χ1) is 16.4. The molecule has 0 saturated carbocycles. The molecule has 0 spiro atoms. The van der Waals surface area contributed by atoms with Crippen LogP contribution >= 0.6 is 22.6 Å². The second kappa shape index (κ2) is 10.1. The van der Waals surface area contributed by atoms with Crippen molar-refractivity contribution in [3.8, 4) is 11.5 Å². The first-order valence-corrected chi connectivity index (χ1v) is 11.5. The monoisotopic (exact) mass is 568 g/mol. The molecule has 1 heterocycles. The third-order valence-corrected chi connectivity index (χ3v) is 5.98. The Bertz CT molecular complexity index is 1290.